The number of carbonyl (C=O) groups is 2. The molecule has 13 heteroatoms. The van der Waals surface area contributed by atoms with Crippen molar-refractivity contribution in [1.29, 1.82) is 0 Å². The minimum absolute atomic E-state index is 0.00820. The fraction of sp³-hybridized carbons (Fsp3) is 0.480. The maximum atomic E-state index is 14.9. The summed E-state index contributed by atoms with van der Waals surface area (Å²) in [7, 11) is 0. The molecule has 1 saturated heterocycles. The average molecular weight is 543 g/mol. The molecule has 4 rings (SSSR count). The predicted octanol–water partition coefficient (Wildman–Crippen LogP) is 3.83. The van der Waals surface area contributed by atoms with Gasteiger partial charge in [0, 0.05) is 35.7 Å². The zero-order chi connectivity index (χ0) is 28.0. The third kappa shape index (κ3) is 5.17. The molecule has 1 aliphatic heterocycles. The first-order chi connectivity index (χ1) is 17.7. The van der Waals surface area contributed by atoms with Crippen molar-refractivity contribution in [3.05, 3.63) is 53.4 Å². The van der Waals surface area contributed by atoms with E-state index in [4.69, 9.17) is 15.2 Å². The van der Waals surface area contributed by atoms with Gasteiger partial charge in [0.25, 0.3) is 11.8 Å². The van der Waals surface area contributed by atoms with Crippen LogP contribution in [0.15, 0.2) is 30.5 Å². The van der Waals surface area contributed by atoms with Gasteiger partial charge in [-0.1, -0.05) is 13.0 Å². The molecule has 1 aliphatic carbocycles. The quantitative estimate of drug-likeness (QED) is 0.435. The van der Waals surface area contributed by atoms with Crippen LogP contribution >= 0.6 is 0 Å². The first-order valence-corrected chi connectivity index (χ1v) is 11.8. The third-order valence-corrected chi connectivity index (χ3v) is 7.29. The lowest BCUT2D eigenvalue weighted by Crippen LogP contribution is -2.47. The standard InChI is InChI=1S/C25H26F5N3O5/c1-12-17(14-3-4-15(26)18(27)19(14)37-10-8-24(36)6-7-24)20(38-23(12,2)25(28,29)30)22(35)33-13-5-9-32-16(11-13)21(31)34/h3-5,9,11-12,17,20,36H,6-8,10H2,1-2H3,(H2,31,34)(H,32,33,35)/t12-,17-,20+,23+/m0/s1. The maximum Gasteiger partial charge on any atom is 0.417 e. The van der Waals surface area contributed by atoms with Gasteiger partial charge in [0.2, 0.25) is 5.82 Å². The zero-order valence-corrected chi connectivity index (χ0v) is 20.4. The van der Waals surface area contributed by atoms with E-state index < -0.39 is 64.5 Å². The van der Waals surface area contributed by atoms with Crippen LogP contribution in [-0.2, 0) is 9.53 Å². The van der Waals surface area contributed by atoms with Gasteiger partial charge < -0.3 is 25.6 Å². The van der Waals surface area contributed by atoms with Crippen molar-refractivity contribution in [1.82, 2.24) is 4.98 Å². The van der Waals surface area contributed by atoms with Crippen molar-refractivity contribution in [2.24, 2.45) is 11.7 Å². The van der Waals surface area contributed by atoms with Gasteiger partial charge in [-0.2, -0.15) is 17.6 Å². The highest BCUT2D eigenvalue weighted by molar-refractivity contribution is 5.97. The largest absolute Gasteiger partial charge is 0.490 e. The van der Waals surface area contributed by atoms with E-state index >= 15 is 0 Å². The molecule has 206 valence electrons. The summed E-state index contributed by atoms with van der Waals surface area (Å²) in [5.74, 6) is -8.18. The van der Waals surface area contributed by atoms with Gasteiger partial charge >= 0.3 is 6.18 Å². The van der Waals surface area contributed by atoms with Crippen LogP contribution in [0.3, 0.4) is 0 Å². The number of nitrogens with zero attached hydrogens (tertiary/aromatic N) is 1. The number of nitrogens with two attached hydrogens (primary N) is 1. The summed E-state index contributed by atoms with van der Waals surface area (Å²) in [6.07, 6.45) is -4.44. The van der Waals surface area contributed by atoms with Gasteiger partial charge in [-0.15, -0.1) is 0 Å². The Hall–Kier alpha value is -3.32. The molecular weight excluding hydrogens is 517 g/mol. The van der Waals surface area contributed by atoms with Gasteiger partial charge in [-0.05, 0) is 38.0 Å². The summed E-state index contributed by atoms with van der Waals surface area (Å²) in [5.41, 5.74) is 0.998. The van der Waals surface area contributed by atoms with E-state index in [2.05, 4.69) is 10.3 Å². The van der Waals surface area contributed by atoms with Crippen molar-refractivity contribution in [3.8, 4) is 5.75 Å². The number of benzene rings is 1. The zero-order valence-electron chi connectivity index (χ0n) is 20.4. The second kappa shape index (κ2) is 9.77. The molecular formula is C25H26F5N3O5. The Labute approximate surface area is 214 Å². The van der Waals surface area contributed by atoms with Crippen LogP contribution in [0.4, 0.5) is 27.6 Å². The van der Waals surface area contributed by atoms with E-state index in [1.807, 2.05) is 0 Å². The number of aromatic nitrogens is 1. The van der Waals surface area contributed by atoms with Crippen LogP contribution in [-0.4, -0.2) is 52.0 Å². The van der Waals surface area contributed by atoms with E-state index in [0.717, 1.165) is 25.1 Å². The highest BCUT2D eigenvalue weighted by Crippen LogP contribution is 2.55. The Morgan fingerprint density at radius 1 is 1.26 bits per heavy atom. The van der Waals surface area contributed by atoms with Crippen molar-refractivity contribution in [3.63, 3.8) is 0 Å². The van der Waals surface area contributed by atoms with Crippen LogP contribution in [0.5, 0.6) is 5.75 Å². The normalized spacial score (nSPS) is 26.2. The Kier molecular flexibility index (Phi) is 7.12. The number of nitrogens with one attached hydrogen (secondary N) is 1. The molecule has 2 heterocycles. The van der Waals surface area contributed by atoms with Gasteiger partial charge in [0.1, 0.15) is 11.8 Å². The highest BCUT2D eigenvalue weighted by atomic mass is 19.4. The molecule has 2 aromatic rings. The van der Waals surface area contributed by atoms with Gasteiger partial charge in [-0.3, -0.25) is 14.6 Å². The van der Waals surface area contributed by atoms with E-state index in [-0.39, 0.29) is 30.0 Å². The lowest BCUT2D eigenvalue weighted by atomic mass is 9.77. The van der Waals surface area contributed by atoms with Gasteiger partial charge in [0.05, 0.1) is 12.2 Å². The molecule has 8 nitrogen and oxygen atoms in total. The molecule has 0 bridgehead atoms. The lowest BCUT2D eigenvalue weighted by molar-refractivity contribution is -0.272. The number of pyridine rings is 1. The Balaban J connectivity index is 1.72. The maximum absolute atomic E-state index is 14.9. The first-order valence-electron chi connectivity index (χ1n) is 11.8. The predicted molar refractivity (Wildman–Crippen MR) is 123 cm³/mol. The highest BCUT2D eigenvalue weighted by Gasteiger charge is 2.66. The molecule has 0 spiro atoms. The SMILES string of the molecule is C[C@H]1[C@@H](c2ccc(F)c(F)c2OCCC2(O)CC2)[C@H](C(=O)Nc2ccnc(C(N)=O)c2)O[C@@]1(C)C(F)(F)F. The molecule has 2 aliphatic rings. The van der Waals surface area contributed by atoms with E-state index in [1.54, 1.807) is 0 Å². The van der Waals surface area contributed by atoms with Crippen molar-refractivity contribution < 1.29 is 46.1 Å². The third-order valence-electron chi connectivity index (χ3n) is 7.29. The van der Waals surface area contributed by atoms with Gasteiger partial charge in [0.15, 0.2) is 17.2 Å². The number of ether oxygens (including phenoxy) is 2. The number of halogens is 5. The van der Waals surface area contributed by atoms with E-state index in [0.29, 0.717) is 12.8 Å². The van der Waals surface area contributed by atoms with Crippen molar-refractivity contribution in [2.75, 3.05) is 11.9 Å². The van der Waals surface area contributed by atoms with Crippen LogP contribution in [0, 0.1) is 17.6 Å². The van der Waals surface area contributed by atoms with Crippen LogP contribution < -0.4 is 15.8 Å². The number of hydrogen-bond acceptors (Lipinski definition) is 6. The second-order valence-corrected chi connectivity index (χ2v) is 9.84. The smallest absolute Gasteiger partial charge is 0.417 e. The van der Waals surface area contributed by atoms with E-state index in [1.165, 1.54) is 19.2 Å². The minimum Gasteiger partial charge on any atom is -0.490 e. The average Bonchev–Trinajstić information content (AvgIpc) is 3.51. The fourth-order valence-corrected chi connectivity index (χ4v) is 4.57. The van der Waals surface area contributed by atoms with E-state index in [9.17, 15) is 36.6 Å². The van der Waals surface area contributed by atoms with Crippen LogP contribution in [0.1, 0.15) is 55.1 Å². The number of aliphatic hydroxyl groups is 1. The molecule has 0 radical (unpaired) electrons. The Morgan fingerprint density at radius 2 is 1.95 bits per heavy atom. The molecule has 2 fully saturated rings. The molecule has 4 atom stereocenters. The van der Waals surface area contributed by atoms with Gasteiger partial charge in [-0.25, -0.2) is 4.39 Å². The summed E-state index contributed by atoms with van der Waals surface area (Å²) < 4.78 is 82.4. The van der Waals surface area contributed by atoms with Crippen LogP contribution in [0.2, 0.25) is 0 Å². The lowest BCUT2D eigenvalue weighted by Gasteiger charge is -2.32. The number of carbonyl (C=O) groups excluding carboxylic acids is 2. The summed E-state index contributed by atoms with van der Waals surface area (Å²) in [4.78, 5) is 28.4. The molecule has 0 unspecified atom stereocenters. The molecule has 4 N–H and O–H groups in total. The fourth-order valence-electron chi connectivity index (χ4n) is 4.57. The van der Waals surface area contributed by atoms with Crippen LogP contribution in [0.25, 0.3) is 0 Å². The van der Waals surface area contributed by atoms with Crippen molar-refractivity contribution in [2.45, 2.75) is 62.5 Å². The number of hydrogen-bond donors (Lipinski definition) is 3. The summed E-state index contributed by atoms with van der Waals surface area (Å²) >= 11 is 0. The summed E-state index contributed by atoms with van der Waals surface area (Å²) in [5, 5.41) is 12.4. The number of anilines is 1. The number of amides is 2. The molecule has 2 amide bonds. The molecule has 38 heavy (non-hydrogen) atoms. The molecule has 1 aromatic carbocycles. The number of alkyl halides is 3. The topological polar surface area (TPSA) is 124 Å². The second-order valence-electron chi connectivity index (χ2n) is 9.84. The summed E-state index contributed by atoms with van der Waals surface area (Å²) in [6.45, 7) is 1.74. The summed E-state index contributed by atoms with van der Waals surface area (Å²) in [6, 6.07) is 4.21. The Morgan fingerprint density at radius 3 is 2.55 bits per heavy atom. The van der Waals surface area contributed by atoms with Crippen molar-refractivity contribution >= 4 is 17.5 Å². The Bertz CT molecular complexity index is 1250. The monoisotopic (exact) mass is 543 g/mol. The molecule has 1 saturated carbocycles. The molecule has 1 aromatic heterocycles. The number of rotatable bonds is 8. The first kappa shape index (κ1) is 27.7. The number of primary amides is 1. The minimum atomic E-state index is -4.93.